The number of rotatable bonds is 7. The van der Waals surface area contributed by atoms with Crippen molar-refractivity contribution in [1.82, 2.24) is 19.9 Å². The van der Waals surface area contributed by atoms with E-state index in [-0.39, 0.29) is 6.10 Å². The van der Waals surface area contributed by atoms with E-state index in [2.05, 4.69) is 19.9 Å². The third-order valence-electron chi connectivity index (χ3n) is 4.50. The lowest BCUT2D eigenvalue weighted by Gasteiger charge is -2.14. The lowest BCUT2D eigenvalue weighted by molar-refractivity contribution is 0.0953. The molecule has 1 aliphatic heterocycles. The molecule has 1 fully saturated rings. The first-order valence-electron chi connectivity index (χ1n) is 8.97. The summed E-state index contributed by atoms with van der Waals surface area (Å²) in [6, 6.07) is 9.82. The van der Waals surface area contributed by atoms with Crippen molar-refractivity contribution < 1.29 is 14.0 Å². The van der Waals surface area contributed by atoms with E-state index in [1.54, 1.807) is 18.9 Å². The molecule has 0 radical (unpaired) electrons. The van der Waals surface area contributed by atoms with Crippen molar-refractivity contribution in [1.29, 1.82) is 0 Å². The van der Waals surface area contributed by atoms with Crippen LogP contribution in [0.5, 0.6) is 5.75 Å². The van der Waals surface area contributed by atoms with Gasteiger partial charge < -0.3 is 14.0 Å². The molecule has 1 unspecified atom stereocenters. The predicted octanol–water partition coefficient (Wildman–Crippen LogP) is 3.72. The molecule has 3 heterocycles. The third kappa shape index (κ3) is 4.17. The number of thioether (sulfide) groups is 1. The summed E-state index contributed by atoms with van der Waals surface area (Å²) in [5.74, 6) is 3.14. The minimum absolute atomic E-state index is 0.199. The first-order valence-corrected chi connectivity index (χ1v) is 9.95. The molecule has 2 aromatic heterocycles. The van der Waals surface area contributed by atoms with Crippen molar-refractivity contribution in [3.63, 3.8) is 0 Å². The summed E-state index contributed by atoms with van der Waals surface area (Å²) in [6.45, 7) is 3.48. The van der Waals surface area contributed by atoms with Crippen molar-refractivity contribution in [3.8, 4) is 17.1 Å². The minimum Gasteiger partial charge on any atom is -0.497 e. The molecule has 0 bridgehead atoms. The summed E-state index contributed by atoms with van der Waals surface area (Å²) in [5, 5.41) is 13.7. The molecule has 27 heavy (non-hydrogen) atoms. The fourth-order valence-corrected chi connectivity index (χ4v) is 3.95. The van der Waals surface area contributed by atoms with Crippen LogP contribution in [0.15, 0.2) is 40.0 Å². The normalized spacial score (nSPS) is 16.7. The Morgan fingerprint density at radius 3 is 2.78 bits per heavy atom. The second kappa shape index (κ2) is 8.14. The molecule has 7 nitrogen and oxygen atoms in total. The first-order chi connectivity index (χ1) is 13.2. The number of hydrogen-bond acceptors (Lipinski definition) is 7. The summed E-state index contributed by atoms with van der Waals surface area (Å²) in [4.78, 5) is 0. The molecule has 1 aromatic carbocycles. The maximum absolute atomic E-state index is 5.84. The summed E-state index contributed by atoms with van der Waals surface area (Å²) >= 11 is 1.60. The number of benzene rings is 1. The number of ether oxygens (including phenoxy) is 2. The van der Waals surface area contributed by atoms with E-state index >= 15 is 0 Å². The second-order valence-electron chi connectivity index (χ2n) is 6.50. The van der Waals surface area contributed by atoms with Crippen LogP contribution in [-0.2, 0) is 17.0 Å². The van der Waals surface area contributed by atoms with Crippen molar-refractivity contribution in [2.24, 2.45) is 0 Å². The molecule has 1 aliphatic rings. The van der Waals surface area contributed by atoms with Gasteiger partial charge in [-0.15, -0.1) is 10.2 Å². The van der Waals surface area contributed by atoms with Gasteiger partial charge in [0.2, 0.25) is 0 Å². The molecule has 0 N–H and O–H groups in total. The third-order valence-corrected chi connectivity index (χ3v) is 5.48. The van der Waals surface area contributed by atoms with Gasteiger partial charge in [-0.25, -0.2) is 0 Å². The maximum atomic E-state index is 5.84. The second-order valence-corrected chi connectivity index (χ2v) is 7.45. The molecule has 0 aliphatic carbocycles. The summed E-state index contributed by atoms with van der Waals surface area (Å²) in [7, 11) is 1.66. The van der Waals surface area contributed by atoms with Gasteiger partial charge in [-0.05, 0) is 44.0 Å². The molecule has 3 aromatic rings. The highest BCUT2D eigenvalue weighted by Crippen LogP contribution is 2.29. The van der Waals surface area contributed by atoms with Gasteiger partial charge in [-0.1, -0.05) is 16.9 Å². The zero-order valence-electron chi connectivity index (χ0n) is 15.4. The van der Waals surface area contributed by atoms with Crippen LogP contribution in [0.1, 0.15) is 24.3 Å². The zero-order chi connectivity index (χ0) is 18.6. The molecule has 4 rings (SSSR count). The quantitative estimate of drug-likeness (QED) is 0.573. The molecule has 0 amide bonds. The fourth-order valence-electron chi connectivity index (χ4n) is 3.13. The summed E-state index contributed by atoms with van der Waals surface area (Å²) in [5.41, 5.74) is 1.88. The van der Waals surface area contributed by atoms with Gasteiger partial charge in [0.25, 0.3) is 0 Å². The van der Waals surface area contributed by atoms with Crippen LogP contribution in [0.25, 0.3) is 11.4 Å². The number of methoxy groups -OCH3 is 1. The lowest BCUT2D eigenvalue weighted by atomic mass is 10.2. The SMILES string of the molecule is COc1ccc(-c2nnc(SCc3cc(C)no3)n2CC2CCCO2)cc1. The van der Waals surface area contributed by atoms with Gasteiger partial charge in [-0.3, -0.25) is 4.57 Å². The highest BCUT2D eigenvalue weighted by Gasteiger charge is 2.22. The topological polar surface area (TPSA) is 75.2 Å². The largest absolute Gasteiger partial charge is 0.497 e. The molecular weight excluding hydrogens is 364 g/mol. The molecule has 8 heteroatoms. The Kier molecular flexibility index (Phi) is 5.45. The summed E-state index contributed by atoms with van der Waals surface area (Å²) in [6.07, 6.45) is 2.36. The Labute approximate surface area is 162 Å². The van der Waals surface area contributed by atoms with Crippen LogP contribution in [0.3, 0.4) is 0 Å². The molecule has 142 valence electrons. The van der Waals surface area contributed by atoms with Crippen LogP contribution in [-0.4, -0.2) is 39.7 Å². The van der Waals surface area contributed by atoms with Crippen molar-refractivity contribution >= 4 is 11.8 Å². The summed E-state index contributed by atoms with van der Waals surface area (Å²) < 4.78 is 18.5. The average molecular weight is 386 g/mol. The minimum atomic E-state index is 0.199. The average Bonchev–Trinajstić information content (AvgIpc) is 3.43. The van der Waals surface area contributed by atoms with E-state index < -0.39 is 0 Å². The van der Waals surface area contributed by atoms with Crippen LogP contribution < -0.4 is 4.74 Å². The van der Waals surface area contributed by atoms with Crippen LogP contribution in [0, 0.1) is 6.92 Å². The van der Waals surface area contributed by atoms with Crippen LogP contribution in [0.4, 0.5) is 0 Å². The fraction of sp³-hybridized carbons (Fsp3) is 0.421. The Balaban J connectivity index is 1.60. The first kappa shape index (κ1) is 18.1. The molecule has 1 saturated heterocycles. The maximum Gasteiger partial charge on any atom is 0.192 e. The highest BCUT2D eigenvalue weighted by molar-refractivity contribution is 7.98. The Morgan fingerprint density at radius 2 is 2.11 bits per heavy atom. The van der Waals surface area contributed by atoms with Gasteiger partial charge in [-0.2, -0.15) is 0 Å². The van der Waals surface area contributed by atoms with Gasteiger partial charge in [0.1, 0.15) is 11.5 Å². The Bertz CT molecular complexity index is 885. The monoisotopic (exact) mass is 386 g/mol. The van der Waals surface area contributed by atoms with E-state index in [1.165, 1.54) is 0 Å². The van der Waals surface area contributed by atoms with E-state index in [4.69, 9.17) is 14.0 Å². The molecule has 0 saturated carbocycles. The number of hydrogen-bond donors (Lipinski definition) is 0. The van der Waals surface area contributed by atoms with Crippen molar-refractivity contribution in [3.05, 3.63) is 41.8 Å². The van der Waals surface area contributed by atoms with Crippen molar-refractivity contribution in [2.75, 3.05) is 13.7 Å². The predicted molar refractivity (Wildman–Crippen MR) is 102 cm³/mol. The Morgan fingerprint density at radius 1 is 1.26 bits per heavy atom. The molecular formula is C19H22N4O3S. The van der Waals surface area contributed by atoms with E-state index in [0.717, 1.165) is 59.7 Å². The standard InChI is InChI=1S/C19H22N4O3S/c1-13-10-17(26-22-13)12-27-19-21-20-18(14-5-7-15(24-2)8-6-14)23(19)11-16-4-3-9-25-16/h5-8,10,16H,3-4,9,11-12H2,1-2H3. The van der Waals surface area contributed by atoms with Gasteiger partial charge in [0.05, 0.1) is 31.2 Å². The number of aromatic nitrogens is 4. The zero-order valence-corrected chi connectivity index (χ0v) is 16.2. The lowest BCUT2D eigenvalue weighted by Crippen LogP contribution is -2.16. The van der Waals surface area contributed by atoms with Crippen LogP contribution >= 0.6 is 11.8 Å². The van der Waals surface area contributed by atoms with E-state index in [0.29, 0.717) is 5.75 Å². The van der Waals surface area contributed by atoms with Gasteiger partial charge >= 0.3 is 0 Å². The van der Waals surface area contributed by atoms with Gasteiger partial charge in [0.15, 0.2) is 11.0 Å². The molecule has 0 spiro atoms. The van der Waals surface area contributed by atoms with E-state index in [9.17, 15) is 0 Å². The van der Waals surface area contributed by atoms with Crippen LogP contribution in [0.2, 0.25) is 0 Å². The highest BCUT2D eigenvalue weighted by atomic mass is 32.2. The number of nitrogens with zero attached hydrogens (tertiary/aromatic N) is 4. The van der Waals surface area contributed by atoms with E-state index in [1.807, 2.05) is 37.3 Å². The number of aryl methyl sites for hydroxylation is 1. The molecule has 1 atom stereocenters. The van der Waals surface area contributed by atoms with Crippen molar-refractivity contribution in [2.45, 2.75) is 43.3 Å². The Hall–Kier alpha value is -2.32. The van der Waals surface area contributed by atoms with Gasteiger partial charge in [0, 0.05) is 18.2 Å². The smallest absolute Gasteiger partial charge is 0.192 e.